The zero-order valence-electron chi connectivity index (χ0n) is 9.73. The van der Waals surface area contributed by atoms with Crippen LogP contribution in [-0.2, 0) is 14.8 Å². The van der Waals surface area contributed by atoms with Crippen molar-refractivity contribution >= 4 is 31.9 Å². The number of primary amides is 1. The molecule has 5 nitrogen and oxygen atoms in total. The molecule has 0 radical (unpaired) electrons. The Labute approximate surface area is 115 Å². The van der Waals surface area contributed by atoms with Gasteiger partial charge in [-0.1, -0.05) is 12.1 Å². The van der Waals surface area contributed by atoms with Crippen molar-refractivity contribution in [3.63, 3.8) is 0 Å². The number of rotatable bonds is 7. The molecule has 0 aliphatic heterocycles. The average molecular weight is 335 g/mol. The van der Waals surface area contributed by atoms with Crippen LogP contribution in [0.2, 0.25) is 0 Å². The van der Waals surface area contributed by atoms with Crippen molar-refractivity contribution in [2.45, 2.75) is 24.2 Å². The van der Waals surface area contributed by atoms with Gasteiger partial charge in [0, 0.05) is 17.4 Å². The first-order valence-electron chi connectivity index (χ1n) is 5.46. The number of nitrogens with two attached hydrogens (primary N) is 1. The molecule has 0 spiro atoms. The first-order valence-corrected chi connectivity index (χ1v) is 7.73. The number of hydrogen-bond donors (Lipinski definition) is 2. The Morgan fingerprint density at radius 1 is 1.28 bits per heavy atom. The molecule has 3 N–H and O–H groups in total. The highest BCUT2D eigenvalue weighted by molar-refractivity contribution is 9.10. The fourth-order valence-corrected chi connectivity index (χ4v) is 3.45. The fourth-order valence-electron chi connectivity index (χ4n) is 1.37. The highest BCUT2D eigenvalue weighted by atomic mass is 79.9. The third kappa shape index (κ3) is 4.75. The number of carbonyl (C=O) groups is 1. The molecule has 18 heavy (non-hydrogen) atoms. The number of halogens is 1. The van der Waals surface area contributed by atoms with Gasteiger partial charge in [0.15, 0.2) is 0 Å². The van der Waals surface area contributed by atoms with Crippen molar-refractivity contribution in [2.75, 3.05) is 6.54 Å². The zero-order valence-corrected chi connectivity index (χ0v) is 12.1. The van der Waals surface area contributed by atoms with Crippen molar-refractivity contribution in [2.24, 2.45) is 5.73 Å². The molecular formula is C11H15BrN2O3S. The number of amides is 1. The maximum atomic E-state index is 11.9. The van der Waals surface area contributed by atoms with Crippen LogP contribution in [0.25, 0.3) is 0 Å². The number of carbonyl (C=O) groups excluding carboxylic acids is 1. The smallest absolute Gasteiger partial charge is 0.241 e. The summed E-state index contributed by atoms with van der Waals surface area (Å²) in [6, 6.07) is 6.60. The van der Waals surface area contributed by atoms with Gasteiger partial charge in [-0.2, -0.15) is 0 Å². The third-order valence-electron chi connectivity index (χ3n) is 2.27. The quantitative estimate of drug-likeness (QED) is 0.738. The van der Waals surface area contributed by atoms with E-state index in [1.807, 2.05) is 0 Å². The summed E-state index contributed by atoms with van der Waals surface area (Å²) in [4.78, 5) is 10.7. The summed E-state index contributed by atoms with van der Waals surface area (Å²) in [5.41, 5.74) is 4.99. The molecule has 0 atom stereocenters. The summed E-state index contributed by atoms with van der Waals surface area (Å²) < 4.78 is 26.8. The second kappa shape index (κ2) is 6.86. The second-order valence-corrected chi connectivity index (χ2v) is 6.34. The number of sulfonamides is 1. The van der Waals surface area contributed by atoms with Gasteiger partial charge in [0.1, 0.15) is 0 Å². The Bertz CT molecular complexity index is 517. The van der Waals surface area contributed by atoms with E-state index in [9.17, 15) is 13.2 Å². The lowest BCUT2D eigenvalue weighted by atomic mass is 10.2. The van der Waals surface area contributed by atoms with Gasteiger partial charge < -0.3 is 5.73 Å². The van der Waals surface area contributed by atoms with Crippen LogP contribution < -0.4 is 10.5 Å². The monoisotopic (exact) mass is 334 g/mol. The van der Waals surface area contributed by atoms with Crippen LogP contribution in [0.15, 0.2) is 33.6 Å². The van der Waals surface area contributed by atoms with Gasteiger partial charge in [0.05, 0.1) is 4.90 Å². The Kier molecular flexibility index (Phi) is 5.77. The Balaban J connectivity index is 2.51. The average Bonchev–Trinajstić information content (AvgIpc) is 2.28. The zero-order chi connectivity index (χ0) is 13.6. The lowest BCUT2D eigenvalue weighted by molar-refractivity contribution is -0.118. The third-order valence-corrected chi connectivity index (χ3v) is 4.74. The van der Waals surface area contributed by atoms with Gasteiger partial charge in [0.2, 0.25) is 15.9 Å². The Morgan fingerprint density at radius 2 is 1.94 bits per heavy atom. The maximum absolute atomic E-state index is 11.9. The SMILES string of the molecule is NC(=O)CCCCNS(=O)(=O)c1ccccc1Br. The van der Waals surface area contributed by atoms with E-state index in [1.54, 1.807) is 18.2 Å². The van der Waals surface area contributed by atoms with E-state index < -0.39 is 10.0 Å². The number of hydrogen-bond acceptors (Lipinski definition) is 3. The normalized spacial score (nSPS) is 11.4. The molecule has 1 amide bonds. The Hall–Kier alpha value is -0.920. The van der Waals surface area contributed by atoms with E-state index in [-0.39, 0.29) is 23.8 Å². The summed E-state index contributed by atoms with van der Waals surface area (Å²) in [5.74, 6) is -0.372. The number of benzene rings is 1. The van der Waals surface area contributed by atoms with Crippen molar-refractivity contribution < 1.29 is 13.2 Å². The van der Waals surface area contributed by atoms with E-state index in [4.69, 9.17) is 5.73 Å². The molecule has 0 bridgehead atoms. The summed E-state index contributed by atoms with van der Waals surface area (Å²) >= 11 is 3.19. The lowest BCUT2D eigenvalue weighted by Gasteiger charge is -2.07. The van der Waals surface area contributed by atoms with Gasteiger partial charge in [-0.05, 0) is 40.9 Å². The molecule has 1 rings (SSSR count). The first-order chi connectivity index (χ1) is 8.43. The van der Waals surface area contributed by atoms with Gasteiger partial charge in [-0.15, -0.1) is 0 Å². The van der Waals surface area contributed by atoms with Crippen molar-refractivity contribution in [1.29, 1.82) is 0 Å². The maximum Gasteiger partial charge on any atom is 0.241 e. The summed E-state index contributed by atoms with van der Waals surface area (Å²) in [6.45, 7) is 0.289. The topological polar surface area (TPSA) is 89.3 Å². The minimum Gasteiger partial charge on any atom is -0.370 e. The Morgan fingerprint density at radius 3 is 2.56 bits per heavy atom. The molecule has 0 fully saturated rings. The lowest BCUT2D eigenvalue weighted by Crippen LogP contribution is -2.25. The predicted octanol–water partition coefficient (Wildman–Crippen LogP) is 1.38. The molecule has 0 unspecified atom stereocenters. The largest absolute Gasteiger partial charge is 0.370 e. The van der Waals surface area contributed by atoms with Crippen LogP contribution in [0.1, 0.15) is 19.3 Å². The van der Waals surface area contributed by atoms with Crippen LogP contribution in [0, 0.1) is 0 Å². The molecule has 1 aromatic rings. The fraction of sp³-hybridized carbons (Fsp3) is 0.364. The predicted molar refractivity (Wildman–Crippen MR) is 72.4 cm³/mol. The molecule has 0 aliphatic rings. The number of nitrogens with one attached hydrogen (secondary N) is 1. The molecule has 0 saturated heterocycles. The molecule has 100 valence electrons. The second-order valence-electron chi connectivity index (χ2n) is 3.75. The first kappa shape index (κ1) is 15.1. The molecule has 0 saturated carbocycles. The minimum absolute atomic E-state index is 0.208. The van der Waals surface area contributed by atoms with Crippen molar-refractivity contribution in [1.82, 2.24) is 4.72 Å². The van der Waals surface area contributed by atoms with Gasteiger partial charge >= 0.3 is 0 Å². The van der Waals surface area contributed by atoms with Crippen LogP contribution >= 0.6 is 15.9 Å². The van der Waals surface area contributed by atoms with Gasteiger partial charge in [0.25, 0.3) is 0 Å². The summed E-state index contributed by atoms with van der Waals surface area (Å²) in [7, 11) is -3.50. The summed E-state index contributed by atoms with van der Waals surface area (Å²) in [6.07, 6.45) is 1.43. The molecular weight excluding hydrogens is 320 g/mol. The van der Waals surface area contributed by atoms with E-state index >= 15 is 0 Å². The molecule has 7 heteroatoms. The molecule has 0 aliphatic carbocycles. The minimum atomic E-state index is -3.50. The van der Waals surface area contributed by atoms with E-state index in [1.165, 1.54) is 6.07 Å². The number of unbranched alkanes of at least 4 members (excludes halogenated alkanes) is 1. The van der Waals surface area contributed by atoms with Crippen molar-refractivity contribution in [3.05, 3.63) is 28.7 Å². The molecule has 0 heterocycles. The highest BCUT2D eigenvalue weighted by Crippen LogP contribution is 2.20. The van der Waals surface area contributed by atoms with Crippen LogP contribution in [0.5, 0.6) is 0 Å². The van der Waals surface area contributed by atoms with Crippen LogP contribution in [-0.4, -0.2) is 20.9 Å². The summed E-state index contributed by atoms with van der Waals surface area (Å²) in [5, 5.41) is 0. The van der Waals surface area contributed by atoms with E-state index in [0.717, 1.165) is 0 Å². The molecule has 1 aromatic carbocycles. The van der Waals surface area contributed by atoms with Crippen molar-refractivity contribution in [3.8, 4) is 0 Å². The van der Waals surface area contributed by atoms with Crippen LogP contribution in [0.3, 0.4) is 0 Å². The van der Waals surface area contributed by atoms with Gasteiger partial charge in [-0.25, -0.2) is 13.1 Å². The highest BCUT2D eigenvalue weighted by Gasteiger charge is 2.15. The standard InChI is InChI=1S/C11H15BrN2O3S/c12-9-5-1-2-6-10(9)18(16,17)14-8-4-3-7-11(13)15/h1-2,5-6,14H,3-4,7-8H2,(H2,13,15). The molecule has 0 aromatic heterocycles. The van der Waals surface area contributed by atoms with Gasteiger partial charge in [-0.3, -0.25) is 4.79 Å². The van der Waals surface area contributed by atoms with Crippen LogP contribution in [0.4, 0.5) is 0 Å². The van der Waals surface area contributed by atoms with E-state index in [0.29, 0.717) is 17.3 Å². The van der Waals surface area contributed by atoms with E-state index in [2.05, 4.69) is 20.7 Å².